The van der Waals surface area contributed by atoms with Crippen molar-refractivity contribution >= 4 is 38.9 Å². The summed E-state index contributed by atoms with van der Waals surface area (Å²) in [6.45, 7) is 5.81. The first-order valence-electron chi connectivity index (χ1n) is 11.2. The highest BCUT2D eigenvalue weighted by molar-refractivity contribution is 7.92. The molecule has 6 nitrogen and oxygen atoms in total. The molecule has 34 heavy (non-hydrogen) atoms. The Balaban J connectivity index is 1.58. The average Bonchev–Trinajstić information content (AvgIpc) is 2.85. The van der Waals surface area contributed by atoms with Crippen molar-refractivity contribution in [2.24, 2.45) is 0 Å². The van der Waals surface area contributed by atoms with E-state index in [4.69, 9.17) is 11.6 Å². The second-order valence-electron chi connectivity index (χ2n) is 8.41. The second-order valence-corrected chi connectivity index (χ2v) is 10.7. The molecule has 0 N–H and O–H groups in total. The fourth-order valence-electron chi connectivity index (χ4n) is 4.08. The molecule has 1 heterocycles. The Bertz CT molecular complexity index is 1260. The summed E-state index contributed by atoms with van der Waals surface area (Å²) in [5, 5.41) is 0.450. The number of para-hydroxylation sites is 1. The van der Waals surface area contributed by atoms with Gasteiger partial charge in [-0.15, -0.1) is 0 Å². The van der Waals surface area contributed by atoms with Gasteiger partial charge in [-0.1, -0.05) is 53.6 Å². The van der Waals surface area contributed by atoms with Crippen molar-refractivity contribution in [2.45, 2.75) is 18.7 Å². The molecular weight excluding hydrogens is 470 g/mol. The minimum absolute atomic E-state index is 0.138. The van der Waals surface area contributed by atoms with E-state index in [0.717, 1.165) is 11.3 Å². The number of piperazine rings is 1. The number of hydrogen-bond donors (Lipinski definition) is 0. The molecule has 3 aromatic carbocycles. The Morgan fingerprint density at radius 2 is 1.53 bits per heavy atom. The number of carbonyl (C=O) groups is 1. The molecular formula is C26H28ClN3O3S. The van der Waals surface area contributed by atoms with Crippen LogP contribution in [0.15, 0.2) is 77.7 Å². The molecule has 0 unspecified atom stereocenters. The SMILES string of the molecule is Cc1ccc(S(=O)(=O)N(CC(=O)N2CCN(c3ccccc3)CC2)c2cccc(Cl)c2C)cc1. The molecule has 1 amide bonds. The zero-order chi connectivity index (χ0) is 24.3. The van der Waals surface area contributed by atoms with Gasteiger partial charge in [-0.05, 0) is 55.8 Å². The van der Waals surface area contributed by atoms with Crippen molar-refractivity contribution in [2.75, 3.05) is 41.9 Å². The normalized spacial score (nSPS) is 14.2. The topological polar surface area (TPSA) is 60.9 Å². The molecule has 0 spiro atoms. The molecule has 1 fully saturated rings. The minimum atomic E-state index is -3.98. The van der Waals surface area contributed by atoms with Crippen LogP contribution in [-0.4, -0.2) is 51.9 Å². The summed E-state index contributed by atoms with van der Waals surface area (Å²) in [7, 11) is -3.98. The number of carbonyl (C=O) groups excluding carboxylic acids is 1. The van der Waals surface area contributed by atoms with Crippen LogP contribution in [0.5, 0.6) is 0 Å². The molecule has 0 atom stereocenters. The molecule has 1 aliphatic rings. The third-order valence-corrected chi connectivity index (χ3v) is 8.33. The van der Waals surface area contributed by atoms with Gasteiger partial charge in [-0.25, -0.2) is 8.42 Å². The highest BCUT2D eigenvalue weighted by Gasteiger charge is 2.31. The summed E-state index contributed by atoms with van der Waals surface area (Å²) in [5.41, 5.74) is 3.09. The molecule has 0 aromatic heterocycles. The van der Waals surface area contributed by atoms with E-state index < -0.39 is 10.0 Å². The van der Waals surface area contributed by atoms with Gasteiger partial charge < -0.3 is 9.80 Å². The summed E-state index contributed by atoms with van der Waals surface area (Å²) in [5.74, 6) is -0.234. The van der Waals surface area contributed by atoms with Gasteiger partial charge in [0.25, 0.3) is 10.0 Å². The van der Waals surface area contributed by atoms with E-state index in [9.17, 15) is 13.2 Å². The number of benzene rings is 3. The Hall–Kier alpha value is -3.03. The predicted octanol–water partition coefficient (Wildman–Crippen LogP) is 4.50. The summed E-state index contributed by atoms with van der Waals surface area (Å²) < 4.78 is 28.5. The fraction of sp³-hybridized carbons (Fsp3) is 0.269. The summed E-state index contributed by atoms with van der Waals surface area (Å²) in [6.07, 6.45) is 0. The average molecular weight is 498 g/mol. The minimum Gasteiger partial charge on any atom is -0.368 e. The Kier molecular flexibility index (Phi) is 7.14. The molecule has 8 heteroatoms. The van der Waals surface area contributed by atoms with E-state index >= 15 is 0 Å². The molecule has 0 aliphatic carbocycles. The number of aryl methyl sites for hydroxylation is 1. The number of nitrogens with zero attached hydrogens (tertiary/aromatic N) is 3. The lowest BCUT2D eigenvalue weighted by Gasteiger charge is -2.37. The van der Waals surface area contributed by atoms with Gasteiger partial charge in [0, 0.05) is 36.9 Å². The lowest BCUT2D eigenvalue weighted by atomic mass is 10.2. The maximum atomic E-state index is 13.7. The van der Waals surface area contributed by atoms with E-state index in [2.05, 4.69) is 17.0 Å². The summed E-state index contributed by atoms with van der Waals surface area (Å²) in [6, 6.07) is 21.8. The van der Waals surface area contributed by atoms with Crippen LogP contribution < -0.4 is 9.21 Å². The van der Waals surface area contributed by atoms with Gasteiger partial charge in [-0.3, -0.25) is 9.10 Å². The zero-order valence-electron chi connectivity index (χ0n) is 19.3. The van der Waals surface area contributed by atoms with Crippen LogP contribution in [0.3, 0.4) is 0 Å². The predicted molar refractivity (Wildman–Crippen MR) is 137 cm³/mol. The van der Waals surface area contributed by atoms with Crippen molar-refractivity contribution in [3.05, 3.63) is 88.9 Å². The molecule has 1 saturated heterocycles. The van der Waals surface area contributed by atoms with Gasteiger partial charge in [0.1, 0.15) is 6.54 Å². The van der Waals surface area contributed by atoms with E-state index in [1.807, 2.05) is 25.1 Å². The lowest BCUT2D eigenvalue weighted by Crippen LogP contribution is -2.52. The van der Waals surface area contributed by atoms with Crippen LogP contribution in [0.1, 0.15) is 11.1 Å². The van der Waals surface area contributed by atoms with Crippen molar-refractivity contribution < 1.29 is 13.2 Å². The number of amides is 1. The maximum Gasteiger partial charge on any atom is 0.264 e. The lowest BCUT2D eigenvalue weighted by molar-refractivity contribution is -0.129. The zero-order valence-corrected chi connectivity index (χ0v) is 20.9. The van der Waals surface area contributed by atoms with Crippen LogP contribution in [-0.2, 0) is 14.8 Å². The molecule has 3 aromatic rings. The number of rotatable bonds is 6. The first-order chi connectivity index (χ1) is 16.3. The van der Waals surface area contributed by atoms with Gasteiger partial charge >= 0.3 is 0 Å². The first kappa shape index (κ1) is 24.1. The van der Waals surface area contributed by atoms with Crippen molar-refractivity contribution in [1.29, 1.82) is 0 Å². The van der Waals surface area contributed by atoms with Crippen molar-refractivity contribution in [3.63, 3.8) is 0 Å². The summed E-state index contributed by atoms with van der Waals surface area (Å²) >= 11 is 6.31. The van der Waals surface area contributed by atoms with Crippen LogP contribution in [0.4, 0.5) is 11.4 Å². The van der Waals surface area contributed by atoms with E-state index in [-0.39, 0.29) is 17.3 Å². The third-order valence-electron chi connectivity index (χ3n) is 6.15. The van der Waals surface area contributed by atoms with Crippen LogP contribution in [0, 0.1) is 13.8 Å². The van der Waals surface area contributed by atoms with Crippen LogP contribution in [0.2, 0.25) is 5.02 Å². The number of halogens is 1. The van der Waals surface area contributed by atoms with Crippen molar-refractivity contribution in [1.82, 2.24) is 4.90 Å². The molecule has 0 radical (unpaired) electrons. The molecule has 0 bridgehead atoms. The van der Waals surface area contributed by atoms with E-state index in [1.54, 1.807) is 54.3 Å². The van der Waals surface area contributed by atoms with Gasteiger partial charge in [-0.2, -0.15) is 0 Å². The fourth-order valence-corrected chi connectivity index (χ4v) is 5.72. The highest BCUT2D eigenvalue weighted by Crippen LogP contribution is 2.31. The monoisotopic (exact) mass is 497 g/mol. The Morgan fingerprint density at radius 1 is 0.882 bits per heavy atom. The first-order valence-corrected chi connectivity index (χ1v) is 13.0. The molecule has 4 rings (SSSR count). The largest absolute Gasteiger partial charge is 0.368 e. The second kappa shape index (κ2) is 10.1. The van der Waals surface area contributed by atoms with E-state index in [1.165, 1.54) is 4.31 Å². The van der Waals surface area contributed by atoms with Gasteiger partial charge in [0.2, 0.25) is 5.91 Å². The van der Waals surface area contributed by atoms with E-state index in [0.29, 0.717) is 42.5 Å². The van der Waals surface area contributed by atoms with Gasteiger partial charge in [0.15, 0.2) is 0 Å². The Morgan fingerprint density at radius 3 is 2.18 bits per heavy atom. The quantitative estimate of drug-likeness (QED) is 0.503. The van der Waals surface area contributed by atoms with Crippen molar-refractivity contribution in [3.8, 4) is 0 Å². The highest BCUT2D eigenvalue weighted by atomic mass is 35.5. The summed E-state index contributed by atoms with van der Waals surface area (Å²) in [4.78, 5) is 17.4. The smallest absolute Gasteiger partial charge is 0.264 e. The van der Waals surface area contributed by atoms with Crippen LogP contribution in [0.25, 0.3) is 0 Å². The number of sulfonamides is 1. The number of anilines is 2. The Labute approximate surface area is 206 Å². The van der Waals surface area contributed by atoms with Gasteiger partial charge in [0.05, 0.1) is 10.6 Å². The third kappa shape index (κ3) is 5.05. The standard InChI is InChI=1S/C26H28ClN3O3S/c1-20-11-13-23(14-12-20)34(32,33)30(25-10-6-9-24(27)21(25)2)19-26(31)29-17-15-28(16-18-29)22-7-4-3-5-8-22/h3-14H,15-19H2,1-2H3. The molecule has 0 saturated carbocycles. The maximum absolute atomic E-state index is 13.7. The molecule has 1 aliphatic heterocycles. The number of hydrogen-bond acceptors (Lipinski definition) is 4. The van der Waals surface area contributed by atoms with Crippen LogP contribution >= 0.6 is 11.6 Å². The molecule has 178 valence electrons.